The van der Waals surface area contributed by atoms with Crippen LogP contribution in [0.5, 0.6) is 0 Å². The minimum atomic E-state index is -5.23. The second kappa shape index (κ2) is 16.4. The van der Waals surface area contributed by atoms with Gasteiger partial charge in [0.25, 0.3) is 11.8 Å². The molecule has 5 rings (SSSR count). The number of rotatable bonds is 15. The number of carbonyl (C=O) groups is 5. The molecule has 1 aromatic carbocycles. The number of nitrogens with zero attached hydrogens (tertiary/aromatic N) is 8. The summed E-state index contributed by atoms with van der Waals surface area (Å²) in [6.07, 6.45) is -5.23. The molecule has 1 saturated heterocycles. The van der Waals surface area contributed by atoms with Crippen molar-refractivity contribution in [2.45, 2.75) is 35.9 Å². The Kier molecular flexibility index (Phi) is 11.9. The molecule has 4 heterocycles. The van der Waals surface area contributed by atoms with E-state index in [1.165, 1.54) is 12.1 Å². The van der Waals surface area contributed by atoms with Gasteiger partial charge in [-0.3, -0.25) is 24.6 Å². The van der Waals surface area contributed by atoms with Crippen LogP contribution in [0.15, 0.2) is 56.4 Å². The number of amides is 3. The van der Waals surface area contributed by atoms with Crippen LogP contribution < -0.4 is 10.6 Å². The van der Waals surface area contributed by atoms with Gasteiger partial charge < -0.3 is 25.2 Å². The lowest BCUT2D eigenvalue weighted by molar-refractivity contribution is -0.167. The molecule has 3 amide bonds. The van der Waals surface area contributed by atoms with Gasteiger partial charge in [0, 0.05) is 16.9 Å². The van der Waals surface area contributed by atoms with E-state index in [0.29, 0.717) is 16.9 Å². The monoisotopic (exact) mass is 802 g/mol. The van der Waals surface area contributed by atoms with Crippen LogP contribution in [0.3, 0.4) is 0 Å². The van der Waals surface area contributed by atoms with E-state index in [1.54, 1.807) is 5.32 Å². The topological polar surface area (TPSA) is 253 Å². The maximum Gasteiger partial charge on any atom is 0.471 e. The highest BCUT2D eigenvalue weighted by Crippen LogP contribution is 2.41. The SMILES string of the molecule is CON=C(Cn1nnnc1SCC1=C(C(=O)O)N2C(=O)C(NC(=O)C(=NOCc3ccc(F)cc3)c3csc(NC(=O)C(F)(F)F)n3)[C@@H]2SC1)C(=O)O. The van der Waals surface area contributed by atoms with Crippen molar-refractivity contribution in [1.29, 1.82) is 0 Å². The predicted molar refractivity (Wildman–Crippen MR) is 175 cm³/mol. The van der Waals surface area contributed by atoms with E-state index in [4.69, 9.17) is 4.84 Å². The molecule has 280 valence electrons. The summed E-state index contributed by atoms with van der Waals surface area (Å²) in [4.78, 5) is 76.6. The van der Waals surface area contributed by atoms with Gasteiger partial charge in [-0.15, -0.1) is 28.2 Å². The molecule has 1 unspecified atom stereocenters. The Bertz CT molecular complexity index is 2020. The molecule has 0 radical (unpaired) electrons. The van der Waals surface area contributed by atoms with Crippen LogP contribution in [0.25, 0.3) is 0 Å². The van der Waals surface area contributed by atoms with Crippen molar-refractivity contribution in [3.8, 4) is 0 Å². The Morgan fingerprint density at radius 1 is 1.15 bits per heavy atom. The third-order valence-electron chi connectivity index (χ3n) is 6.90. The molecule has 0 spiro atoms. The maximum absolute atomic E-state index is 13.5. The number of thiazole rings is 1. The number of alkyl halides is 3. The number of tetrazole rings is 1. The molecule has 2 aromatic heterocycles. The van der Waals surface area contributed by atoms with Gasteiger partial charge in [0.1, 0.15) is 42.3 Å². The molecule has 0 saturated carbocycles. The van der Waals surface area contributed by atoms with E-state index in [1.807, 2.05) is 0 Å². The second-order valence-corrected chi connectivity index (χ2v) is 13.3. The Hall–Kier alpha value is -5.63. The van der Waals surface area contributed by atoms with Crippen molar-refractivity contribution >= 4 is 81.1 Å². The Morgan fingerprint density at radius 3 is 2.55 bits per heavy atom. The van der Waals surface area contributed by atoms with E-state index < -0.39 is 69.6 Å². The highest BCUT2D eigenvalue weighted by molar-refractivity contribution is 8.01. The summed E-state index contributed by atoms with van der Waals surface area (Å²) < 4.78 is 52.7. The summed E-state index contributed by atoms with van der Waals surface area (Å²) in [5, 5.41) is 41.4. The average molecular weight is 803 g/mol. The molecule has 19 nitrogen and oxygen atoms in total. The van der Waals surface area contributed by atoms with Gasteiger partial charge >= 0.3 is 24.0 Å². The zero-order chi connectivity index (χ0) is 38.4. The summed E-state index contributed by atoms with van der Waals surface area (Å²) in [6, 6.07) is 3.74. The fourth-order valence-electron chi connectivity index (χ4n) is 4.51. The summed E-state index contributed by atoms with van der Waals surface area (Å²) in [5.41, 5.74) is -0.998. The molecule has 1 fully saturated rings. The predicted octanol–water partition coefficient (Wildman–Crippen LogP) is 1.31. The molecule has 26 heteroatoms. The average Bonchev–Trinajstić information content (AvgIpc) is 3.76. The summed E-state index contributed by atoms with van der Waals surface area (Å²) in [5.74, 6) is -7.53. The lowest BCUT2D eigenvalue weighted by Gasteiger charge is -2.49. The summed E-state index contributed by atoms with van der Waals surface area (Å²) >= 11 is 2.61. The van der Waals surface area contributed by atoms with Crippen LogP contribution in [0, 0.1) is 5.82 Å². The van der Waals surface area contributed by atoms with Gasteiger partial charge in [-0.1, -0.05) is 34.2 Å². The zero-order valence-electron chi connectivity index (χ0n) is 26.4. The normalized spacial score (nSPS) is 17.5. The molecule has 3 aromatic rings. The number of β-lactam (4-membered cyclic amide) rings is 1. The van der Waals surface area contributed by atoms with E-state index in [-0.39, 0.29) is 46.8 Å². The number of aromatic nitrogens is 5. The van der Waals surface area contributed by atoms with Crippen LogP contribution in [0.4, 0.5) is 22.7 Å². The number of anilines is 1. The number of hydrogen-bond donors (Lipinski definition) is 4. The molecule has 2 aliphatic heterocycles. The van der Waals surface area contributed by atoms with Crippen molar-refractivity contribution in [2.24, 2.45) is 10.3 Å². The number of aliphatic carboxylic acids is 2. The lowest BCUT2D eigenvalue weighted by Crippen LogP contribution is -2.71. The van der Waals surface area contributed by atoms with E-state index >= 15 is 0 Å². The fraction of sp³-hybridized carbons (Fsp3) is 0.296. The molecule has 2 aliphatic rings. The van der Waals surface area contributed by atoms with Crippen molar-refractivity contribution < 1.29 is 61.4 Å². The first-order valence-corrected chi connectivity index (χ1v) is 17.3. The summed E-state index contributed by atoms with van der Waals surface area (Å²) in [6.45, 7) is -0.659. The van der Waals surface area contributed by atoms with Crippen molar-refractivity contribution in [3.05, 3.63) is 58.0 Å². The van der Waals surface area contributed by atoms with Gasteiger partial charge in [0.2, 0.25) is 5.16 Å². The van der Waals surface area contributed by atoms with Gasteiger partial charge in [-0.25, -0.2) is 23.6 Å². The third kappa shape index (κ3) is 9.06. The van der Waals surface area contributed by atoms with Gasteiger partial charge in [-0.2, -0.15) is 13.2 Å². The molecule has 4 N–H and O–H groups in total. The first-order valence-electron chi connectivity index (χ1n) is 14.4. The molecule has 0 bridgehead atoms. The van der Waals surface area contributed by atoms with Crippen molar-refractivity contribution in [3.63, 3.8) is 0 Å². The van der Waals surface area contributed by atoms with Crippen LogP contribution in [-0.4, -0.2) is 118 Å². The van der Waals surface area contributed by atoms with Gasteiger partial charge in [0.15, 0.2) is 16.6 Å². The summed E-state index contributed by atoms with van der Waals surface area (Å²) in [7, 11) is 1.15. The van der Waals surface area contributed by atoms with Gasteiger partial charge in [-0.05, 0) is 33.7 Å². The van der Waals surface area contributed by atoms with Crippen LogP contribution >= 0.6 is 34.9 Å². The Balaban J connectivity index is 1.31. The lowest BCUT2D eigenvalue weighted by atomic mass is 10.0. The first kappa shape index (κ1) is 38.6. The van der Waals surface area contributed by atoms with E-state index in [9.17, 15) is 51.7 Å². The van der Waals surface area contributed by atoms with Crippen molar-refractivity contribution in [2.75, 3.05) is 23.9 Å². The van der Waals surface area contributed by atoms with Crippen LogP contribution in [0.2, 0.25) is 0 Å². The Morgan fingerprint density at radius 2 is 1.89 bits per heavy atom. The fourth-order valence-corrected chi connectivity index (χ4v) is 7.56. The number of benzene rings is 1. The number of carboxylic acid groups (broad SMARTS) is 2. The van der Waals surface area contributed by atoms with Gasteiger partial charge in [0.05, 0.1) is 6.54 Å². The number of carboxylic acids is 2. The molecule has 2 atom stereocenters. The zero-order valence-corrected chi connectivity index (χ0v) is 28.9. The Labute approximate surface area is 305 Å². The van der Waals surface area contributed by atoms with E-state index in [0.717, 1.165) is 57.7 Å². The number of thioether (sulfide) groups is 2. The first-order chi connectivity index (χ1) is 25.2. The molecular formula is C27H22F4N10O9S3. The molecule has 53 heavy (non-hydrogen) atoms. The molecule has 0 aliphatic carbocycles. The number of nitrogens with one attached hydrogen (secondary N) is 2. The van der Waals surface area contributed by atoms with Crippen molar-refractivity contribution in [1.82, 2.24) is 35.4 Å². The number of hydrogen-bond acceptors (Lipinski definition) is 16. The smallest absolute Gasteiger partial charge is 0.471 e. The second-order valence-electron chi connectivity index (χ2n) is 10.4. The number of halogens is 4. The largest absolute Gasteiger partial charge is 0.477 e. The quantitative estimate of drug-likeness (QED) is 0.0556. The van der Waals surface area contributed by atoms with Crippen LogP contribution in [0.1, 0.15) is 11.3 Å². The number of carbonyl (C=O) groups excluding carboxylic acids is 3. The van der Waals surface area contributed by atoms with E-state index in [2.05, 4.69) is 41.0 Å². The minimum Gasteiger partial charge on any atom is -0.477 e. The number of fused-ring (bicyclic) bond motifs is 1. The minimum absolute atomic E-state index is 0.0361. The maximum atomic E-state index is 13.5. The van der Waals surface area contributed by atoms with Crippen LogP contribution in [-0.2, 0) is 46.8 Å². The number of oxime groups is 2. The highest BCUT2D eigenvalue weighted by Gasteiger charge is 2.54. The standard InChI is InChI=1S/C27H22F4N10O9S3/c1-49-36-14(22(44)45)6-40-26(35-38-39-40)53-9-12-8-51-21-17(20(43)41(21)18(12)23(46)47)33-19(42)16(37-50-7-11-2-4-13(28)5-3-11)15-10-52-25(32-15)34-24(48)27(29,30)31/h2-5,10,17,21H,6-9H2,1H3,(H,33,42)(H,44,45)(H,46,47)(H,32,34,48)/t17?,21-/m0/s1. The highest BCUT2D eigenvalue weighted by atomic mass is 32.2. The third-order valence-corrected chi connectivity index (χ3v) is 10.0. The molecular weight excluding hydrogens is 781 g/mol.